The van der Waals surface area contributed by atoms with Gasteiger partial charge in [-0.1, -0.05) is 12.1 Å². The maximum atomic E-state index is 11.8. The van der Waals surface area contributed by atoms with Crippen LogP contribution in [0.3, 0.4) is 0 Å². The van der Waals surface area contributed by atoms with E-state index in [4.69, 9.17) is 26.8 Å². The molecule has 1 aliphatic heterocycles. The van der Waals surface area contributed by atoms with E-state index in [1.165, 1.54) is 0 Å². The van der Waals surface area contributed by atoms with Crippen LogP contribution in [0, 0.1) is 4.77 Å². The van der Waals surface area contributed by atoms with Crippen molar-refractivity contribution in [2.45, 2.75) is 13.6 Å². The molecule has 0 unspecified atom stereocenters. The van der Waals surface area contributed by atoms with Crippen LogP contribution in [0.5, 0.6) is 5.75 Å². The average molecular weight is 391 g/mol. The molecule has 0 bridgehead atoms. The van der Waals surface area contributed by atoms with Crippen molar-refractivity contribution in [3.8, 4) is 17.1 Å². The summed E-state index contributed by atoms with van der Waals surface area (Å²) in [7, 11) is 3.56. The van der Waals surface area contributed by atoms with Gasteiger partial charge < -0.3 is 18.9 Å². The normalized spacial score (nSPS) is 15.0. The van der Waals surface area contributed by atoms with E-state index >= 15 is 0 Å². The van der Waals surface area contributed by atoms with Crippen molar-refractivity contribution in [3.05, 3.63) is 29.0 Å². The molecule has 0 saturated carbocycles. The molecular weight excluding hydrogens is 366 g/mol. The average Bonchev–Trinajstić information content (AvgIpc) is 2.97. The van der Waals surface area contributed by atoms with E-state index in [0.29, 0.717) is 31.1 Å². The van der Waals surface area contributed by atoms with E-state index in [-0.39, 0.29) is 6.09 Å². The monoisotopic (exact) mass is 391 g/mol. The van der Waals surface area contributed by atoms with Crippen LogP contribution in [0.1, 0.15) is 6.92 Å². The molecule has 0 spiro atoms. The van der Waals surface area contributed by atoms with Crippen LogP contribution in [0.25, 0.3) is 11.4 Å². The minimum Gasteiger partial charge on any atom is -0.497 e. The lowest BCUT2D eigenvalue weighted by Crippen LogP contribution is -2.49. The molecule has 2 aromatic rings. The third kappa shape index (κ3) is 4.30. The van der Waals surface area contributed by atoms with E-state index in [1.807, 2.05) is 47.5 Å². The minimum absolute atomic E-state index is 0.244. The third-order valence-electron chi connectivity index (χ3n) is 4.60. The zero-order valence-corrected chi connectivity index (χ0v) is 16.7. The molecule has 9 heteroatoms. The maximum absolute atomic E-state index is 11.8. The van der Waals surface area contributed by atoms with Crippen molar-refractivity contribution in [1.82, 2.24) is 24.1 Å². The van der Waals surface area contributed by atoms with Crippen LogP contribution in [0.2, 0.25) is 0 Å². The van der Waals surface area contributed by atoms with Gasteiger partial charge in [0.2, 0.25) is 0 Å². The van der Waals surface area contributed by atoms with E-state index < -0.39 is 0 Å². The Morgan fingerprint density at radius 3 is 2.67 bits per heavy atom. The Kier molecular flexibility index (Phi) is 6.12. The highest BCUT2D eigenvalue weighted by atomic mass is 32.1. The highest BCUT2D eigenvalue weighted by Crippen LogP contribution is 2.22. The molecule has 0 aliphatic carbocycles. The number of piperazine rings is 1. The molecule has 2 heterocycles. The quantitative estimate of drug-likeness (QED) is 0.729. The van der Waals surface area contributed by atoms with Crippen molar-refractivity contribution < 1.29 is 14.3 Å². The summed E-state index contributed by atoms with van der Waals surface area (Å²) < 4.78 is 14.7. The summed E-state index contributed by atoms with van der Waals surface area (Å²) in [5.74, 6) is 1.58. The summed E-state index contributed by atoms with van der Waals surface area (Å²) in [5.41, 5.74) is 0.953. The Morgan fingerprint density at radius 1 is 1.26 bits per heavy atom. The summed E-state index contributed by atoms with van der Waals surface area (Å²) >= 11 is 5.56. The molecule has 0 radical (unpaired) electrons. The number of hydrogen-bond donors (Lipinski definition) is 0. The lowest BCUT2D eigenvalue weighted by Gasteiger charge is -2.33. The zero-order chi connectivity index (χ0) is 19.4. The van der Waals surface area contributed by atoms with Gasteiger partial charge in [0.1, 0.15) is 5.75 Å². The number of hydrogen-bond acceptors (Lipinski definition) is 6. The number of carbonyl (C=O) groups excluding carboxylic acids is 1. The van der Waals surface area contributed by atoms with Crippen molar-refractivity contribution in [2.24, 2.45) is 7.05 Å². The van der Waals surface area contributed by atoms with Gasteiger partial charge in [0.15, 0.2) is 10.6 Å². The van der Waals surface area contributed by atoms with Gasteiger partial charge in [-0.3, -0.25) is 4.90 Å². The molecular formula is C18H25N5O3S. The van der Waals surface area contributed by atoms with E-state index in [9.17, 15) is 4.79 Å². The number of aromatic nitrogens is 3. The van der Waals surface area contributed by atoms with Crippen LogP contribution in [0.4, 0.5) is 4.79 Å². The number of methoxy groups -OCH3 is 1. The molecule has 1 fully saturated rings. The van der Waals surface area contributed by atoms with E-state index in [1.54, 1.807) is 12.0 Å². The van der Waals surface area contributed by atoms with Crippen molar-refractivity contribution in [2.75, 3.05) is 39.9 Å². The third-order valence-corrected chi connectivity index (χ3v) is 5.09. The topological polar surface area (TPSA) is 64.8 Å². The fourth-order valence-electron chi connectivity index (χ4n) is 3.07. The largest absolute Gasteiger partial charge is 0.497 e. The second-order valence-electron chi connectivity index (χ2n) is 6.34. The summed E-state index contributed by atoms with van der Waals surface area (Å²) in [6, 6.07) is 7.77. The van der Waals surface area contributed by atoms with Crippen LogP contribution < -0.4 is 4.74 Å². The van der Waals surface area contributed by atoms with Gasteiger partial charge in [-0.05, 0) is 31.3 Å². The summed E-state index contributed by atoms with van der Waals surface area (Å²) in [6.07, 6.45) is -0.244. The molecule has 146 valence electrons. The Morgan fingerprint density at radius 2 is 2.00 bits per heavy atom. The first-order chi connectivity index (χ1) is 13.0. The number of nitrogens with zero attached hydrogens (tertiary/aromatic N) is 5. The van der Waals surface area contributed by atoms with Gasteiger partial charge in [-0.2, -0.15) is 5.10 Å². The molecule has 1 amide bonds. The smallest absolute Gasteiger partial charge is 0.409 e. The fourth-order valence-corrected chi connectivity index (χ4v) is 3.25. The standard InChI is InChI=1S/C18H25N5O3S/c1-4-26-18(24)22-10-8-21(9-11-22)13-23-17(27)20(2)16(19-23)14-6-5-7-15(12-14)25-3/h5-7,12H,4,8-11,13H2,1-3H3. The molecule has 1 saturated heterocycles. The Bertz CT molecular complexity index is 855. The van der Waals surface area contributed by atoms with Crippen LogP contribution in [-0.2, 0) is 18.5 Å². The van der Waals surface area contributed by atoms with Gasteiger partial charge >= 0.3 is 6.09 Å². The highest BCUT2D eigenvalue weighted by molar-refractivity contribution is 7.71. The number of benzene rings is 1. The first kappa shape index (κ1) is 19.4. The van der Waals surface area contributed by atoms with Gasteiger partial charge in [-0.25, -0.2) is 9.48 Å². The van der Waals surface area contributed by atoms with Gasteiger partial charge in [0.25, 0.3) is 0 Å². The van der Waals surface area contributed by atoms with Gasteiger partial charge in [-0.15, -0.1) is 0 Å². The number of amides is 1. The van der Waals surface area contributed by atoms with E-state index in [0.717, 1.165) is 30.2 Å². The Hall–Kier alpha value is -2.39. The molecule has 1 aliphatic rings. The van der Waals surface area contributed by atoms with Gasteiger partial charge in [0, 0.05) is 38.8 Å². The SMILES string of the molecule is CCOC(=O)N1CCN(Cn2nc(-c3cccc(OC)c3)n(C)c2=S)CC1. The lowest BCUT2D eigenvalue weighted by molar-refractivity contribution is 0.0691. The van der Waals surface area contributed by atoms with Crippen molar-refractivity contribution in [3.63, 3.8) is 0 Å². The van der Waals surface area contributed by atoms with Gasteiger partial charge in [0.05, 0.1) is 20.4 Å². The number of rotatable bonds is 5. The minimum atomic E-state index is -0.244. The highest BCUT2D eigenvalue weighted by Gasteiger charge is 2.22. The first-order valence-electron chi connectivity index (χ1n) is 8.95. The molecule has 27 heavy (non-hydrogen) atoms. The molecule has 0 atom stereocenters. The van der Waals surface area contributed by atoms with Crippen LogP contribution in [0.15, 0.2) is 24.3 Å². The van der Waals surface area contributed by atoms with Crippen molar-refractivity contribution in [1.29, 1.82) is 0 Å². The Balaban J connectivity index is 1.70. The molecule has 0 N–H and O–H groups in total. The zero-order valence-electron chi connectivity index (χ0n) is 15.9. The maximum Gasteiger partial charge on any atom is 0.409 e. The van der Waals surface area contributed by atoms with Crippen LogP contribution >= 0.6 is 12.2 Å². The predicted molar refractivity (Wildman–Crippen MR) is 104 cm³/mol. The summed E-state index contributed by atoms with van der Waals surface area (Å²) in [4.78, 5) is 15.8. The fraction of sp³-hybridized carbons (Fsp3) is 0.500. The second kappa shape index (κ2) is 8.53. The summed E-state index contributed by atoms with van der Waals surface area (Å²) in [5, 5.41) is 4.71. The molecule has 3 rings (SSSR count). The number of carbonyl (C=O) groups is 1. The first-order valence-corrected chi connectivity index (χ1v) is 9.36. The Labute approximate surface area is 163 Å². The van der Waals surface area contributed by atoms with E-state index in [2.05, 4.69) is 4.90 Å². The molecule has 1 aromatic carbocycles. The molecule has 8 nitrogen and oxygen atoms in total. The second-order valence-corrected chi connectivity index (χ2v) is 6.71. The summed E-state index contributed by atoms with van der Waals surface area (Å²) in [6.45, 7) is 5.60. The lowest BCUT2D eigenvalue weighted by atomic mass is 10.2. The predicted octanol–water partition coefficient (Wildman–Crippen LogP) is 2.36. The van der Waals surface area contributed by atoms with Crippen LogP contribution in [-0.4, -0.2) is 70.1 Å². The number of ether oxygens (including phenoxy) is 2. The molecule has 1 aromatic heterocycles. The van der Waals surface area contributed by atoms with Crippen molar-refractivity contribution >= 4 is 18.3 Å².